The Labute approximate surface area is 117 Å². The largest absolute Gasteiger partial charge is 0.389 e. The molecule has 0 unspecified atom stereocenters. The number of benzene rings is 2. The van der Waals surface area contributed by atoms with Crippen molar-refractivity contribution >= 4 is 40.2 Å². The van der Waals surface area contributed by atoms with Crippen LogP contribution in [0.5, 0.6) is 0 Å². The minimum absolute atomic E-state index is 0.350. The van der Waals surface area contributed by atoms with Gasteiger partial charge < -0.3 is 11.1 Å². The molecule has 0 saturated carbocycles. The number of thiocarbonyl (C=S) groups is 1. The molecule has 0 aliphatic heterocycles. The van der Waals surface area contributed by atoms with E-state index >= 15 is 0 Å². The molecule has 0 heterocycles. The van der Waals surface area contributed by atoms with Crippen LogP contribution in [0.2, 0.25) is 5.02 Å². The minimum atomic E-state index is 0.350. The molecule has 2 rings (SSSR count). The van der Waals surface area contributed by atoms with E-state index in [1.807, 2.05) is 43.3 Å². The van der Waals surface area contributed by atoms with Crippen LogP contribution in [-0.4, -0.2) is 4.99 Å². The van der Waals surface area contributed by atoms with E-state index in [1.54, 1.807) is 6.07 Å². The van der Waals surface area contributed by atoms with Gasteiger partial charge in [-0.05, 0) is 36.8 Å². The van der Waals surface area contributed by atoms with Crippen molar-refractivity contribution in [3.8, 4) is 0 Å². The van der Waals surface area contributed by atoms with E-state index in [0.29, 0.717) is 10.0 Å². The highest BCUT2D eigenvalue weighted by molar-refractivity contribution is 7.80. The lowest BCUT2D eigenvalue weighted by Gasteiger charge is -2.13. The molecule has 18 heavy (non-hydrogen) atoms. The highest BCUT2D eigenvalue weighted by Crippen LogP contribution is 2.26. The van der Waals surface area contributed by atoms with Gasteiger partial charge >= 0.3 is 0 Å². The fourth-order valence-electron chi connectivity index (χ4n) is 1.69. The van der Waals surface area contributed by atoms with E-state index in [2.05, 4.69) is 5.32 Å². The summed E-state index contributed by atoms with van der Waals surface area (Å²) in [6, 6.07) is 13.4. The number of rotatable bonds is 3. The molecule has 0 fully saturated rings. The van der Waals surface area contributed by atoms with Crippen LogP contribution < -0.4 is 11.1 Å². The topological polar surface area (TPSA) is 38.0 Å². The molecule has 0 aromatic heterocycles. The monoisotopic (exact) mass is 276 g/mol. The average molecular weight is 277 g/mol. The number of hydrogen-bond acceptors (Lipinski definition) is 2. The van der Waals surface area contributed by atoms with Crippen molar-refractivity contribution in [1.82, 2.24) is 0 Å². The Hall–Kier alpha value is -1.58. The fourth-order valence-corrected chi connectivity index (χ4v) is 2.04. The van der Waals surface area contributed by atoms with Crippen LogP contribution >= 0.6 is 23.8 Å². The molecule has 0 atom stereocenters. The summed E-state index contributed by atoms with van der Waals surface area (Å²) in [6.07, 6.45) is 0. The SMILES string of the molecule is Cc1ccccc1Nc1cc(Cl)ccc1C(N)=S. The van der Waals surface area contributed by atoms with E-state index in [4.69, 9.17) is 29.6 Å². The summed E-state index contributed by atoms with van der Waals surface area (Å²) < 4.78 is 0. The van der Waals surface area contributed by atoms with Gasteiger partial charge in [0.25, 0.3) is 0 Å². The van der Waals surface area contributed by atoms with E-state index in [9.17, 15) is 0 Å². The smallest absolute Gasteiger partial charge is 0.106 e. The van der Waals surface area contributed by atoms with Crippen molar-refractivity contribution in [3.63, 3.8) is 0 Å². The van der Waals surface area contributed by atoms with E-state index < -0.39 is 0 Å². The maximum absolute atomic E-state index is 6.00. The van der Waals surface area contributed by atoms with Crippen molar-refractivity contribution in [3.05, 3.63) is 58.6 Å². The summed E-state index contributed by atoms with van der Waals surface area (Å²) in [4.78, 5) is 0.350. The molecule has 4 heteroatoms. The van der Waals surface area contributed by atoms with Gasteiger partial charge in [0.15, 0.2) is 0 Å². The normalized spacial score (nSPS) is 10.1. The standard InChI is InChI=1S/C14H13ClN2S/c1-9-4-2-3-5-12(9)17-13-8-10(15)6-7-11(13)14(16)18/h2-8,17H,1H3,(H2,16,18). The van der Waals surface area contributed by atoms with Gasteiger partial charge in [0.2, 0.25) is 0 Å². The zero-order chi connectivity index (χ0) is 13.1. The Balaban J connectivity index is 2.42. The number of anilines is 2. The van der Waals surface area contributed by atoms with Crippen LogP contribution in [0.25, 0.3) is 0 Å². The van der Waals surface area contributed by atoms with Crippen molar-refractivity contribution in [2.45, 2.75) is 6.92 Å². The van der Waals surface area contributed by atoms with Crippen LogP contribution in [0, 0.1) is 6.92 Å². The maximum Gasteiger partial charge on any atom is 0.106 e. The third-order valence-electron chi connectivity index (χ3n) is 2.66. The highest BCUT2D eigenvalue weighted by Gasteiger charge is 2.07. The third-order valence-corrected chi connectivity index (χ3v) is 3.12. The first-order chi connectivity index (χ1) is 8.58. The van der Waals surface area contributed by atoms with Gasteiger partial charge in [-0.1, -0.05) is 42.0 Å². The lowest BCUT2D eigenvalue weighted by Crippen LogP contribution is -2.12. The number of halogens is 1. The summed E-state index contributed by atoms with van der Waals surface area (Å²) >= 11 is 11.0. The lowest BCUT2D eigenvalue weighted by molar-refractivity contribution is 1.43. The molecular weight excluding hydrogens is 264 g/mol. The second kappa shape index (κ2) is 5.38. The van der Waals surface area contributed by atoms with Gasteiger partial charge in [0.05, 0.1) is 5.69 Å². The summed E-state index contributed by atoms with van der Waals surface area (Å²) in [7, 11) is 0. The zero-order valence-electron chi connectivity index (χ0n) is 9.91. The number of aryl methyl sites for hydroxylation is 1. The Kier molecular flexibility index (Phi) is 3.84. The Morgan fingerprint density at radius 3 is 2.56 bits per heavy atom. The molecule has 2 aromatic rings. The van der Waals surface area contributed by atoms with Gasteiger partial charge in [0.1, 0.15) is 4.99 Å². The Morgan fingerprint density at radius 2 is 1.89 bits per heavy atom. The molecule has 0 spiro atoms. The van der Waals surface area contributed by atoms with Crippen LogP contribution in [0.4, 0.5) is 11.4 Å². The summed E-state index contributed by atoms with van der Waals surface area (Å²) in [5.41, 5.74) is 9.47. The zero-order valence-corrected chi connectivity index (χ0v) is 11.5. The molecule has 0 bridgehead atoms. The van der Waals surface area contributed by atoms with Gasteiger partial charge in [-0.25, -0.2) is 0 Å². The first kappa shape index (κ1) is 12.9. The molecule has 0 aliphatic carbocycles. The minimum Gasteiger partial charge on any atom is -0.389 e. The van der Waals surface area contributed by atoms with Crippen LogP contribution in [-0.2, 0) is 0 Å². The number of nitrogens with two attached hydrogens (primary N) is 1. The molecule has 0 amide bonds. The maximum atomic E-state index is 6.00. The fraction of sp³-hybridized carbons (Fsp3) is 0.0714. The highest BCUT2D eigenvalue weighted by atomic mass is 35.5. The Morgan fingerprint density at radius 1 is 1.17 bits per heavy atom. The van der Waals surface area contributed by atoms with Crippen molar-refractivity contribution in [2.24, 2.45) is 5.73 Å². The first-order valence-corrected chi connectivity index (χ1v) is 6.28. The summed E-state index contributed by atoms with van der Waals surface area (Å²) in [6.45, 7) is 2.04. The van der Waals surface area contributed by atoms with Crippen LogP contribution in [0.3, 0.4) is 0 Å². The molecule has 0 saturated heterocycles. The molecule has 0 aliphatic rings. The van der Waals surface area contributed by atoms with Crippen LogP contribution in [0.1, 0.15) is 11.1 Å². The third kappa shape index (κ3) is 2.81. The van der Waals surface area contributed by atoms with E-state index in [-0.39, 0.29) is 0 Å². The van der Waals surface area contributed by atoms with Crippen molar-refractivity contribution < 1.29 is 0 Å². The number of para-hydroxylation sites is 1. The first-order valence-electron chi connectivity index (χ1n) is 5.50. The van der Waals surface area contributed by atoms with Gasteiger partial charge in [-0.2, -0.15) is 0 Å². The predicted molar refractivity (Wildman–Crippen MR) is 81.8 cm³/mol. The van der Waals surface area contributed by atoms with Crippen LogP contribution in [0.15, 0.2) is 42.5 Å². The second-order valence-electron chi connectivity index (χ2n) is 3.99. The number of hydrogen-bond donors (Lipinski definition) is 2. The average Bonchev–Trinajstić information content (AvgIpc) is 2.32. The second-order valence-corrected chi connectivity index (χ2v) is 4.87. The molecule has 92 valence electrons. The van der Waals surface area contributed by atoms with Crippen molar-refractivity contribution in [1.29, 1.82) is 0 Å². The predicted octanol–water partition coefficient (Wildman–Crippen LogP) is 4.03. The van der Waals surface area contributed by atoms with Gasteiger partial charge in [-0.15, -0.1) is 0 Å². The molecule has 3 N–H and O–H groups in total. The molecule has 0 radical (unpaired) electrons. The Bertz CT molecular complexity index is 596. The molecule has 2 aromatic carbocycles. The van der Waals surface area contributed by atoms with Gasteiger partial charge in [0, 0.05) is 16.3 Å². The summed E-state index contributed by atoms with van der Waals surface area (Å²) in [5.74, 6) is 0. The van der Waals surface area contributed by atoms with Crippen molar-refractivity contribution in [2.75, 3.05) is 5.32 Å². The summed E-state index contributed by atoms with van der Waals surface area (Å²) in [5, 5.41) is 3.96. The number of nitrogens with one attached hydrogen (secondary N) is 1. The molecular formula is C14H13ClN2S. The van der Waals surface area contributed by atoms with E-state index in [1.165, 1.54) is 0 Å². The molecule has 2 nitrogen and oxygen atoms in total. The lowest BCUT2D eigenvalue weighted by atomic mass is 10.1. The van der Waals surface area contributed by atoms with Gasteiger partial charge in [-0.3, -0.25) is 0 Å². The quantitative estimate of drug-likeness (QED) is 0.832. The van der Waals surface area contributed by atoms with E-state index in [0.717, 1.165) is 22.5 Å².